The summed E-state index contributed by atoms with van der Waals surface area (Å²) in [5, 5.41) is 5.17. The van der Waals surface area contributed by atoms with Gasteiger partial charge in [-0.05, 0) is 45.7 Å². The summed E-state index contributed by atoms with van der Waals surface area (Å²) in [5.41, 5.74) is 6.24. The molecule has 1 aliphatic rings. The molecule has 1 atom stereocenters. The summed E-state index contributed by atoms with van der Waals surface area (Å²) in [4.78, 5) is 4.36. The van der Waals surface area contributed by atoms with Gasteiger partial charge in [-0.3, -0.25) is 0 Å². The second kappa shape index (κ2) is 16.2. The Balaban J connectivity index is 0.914. The molecule has 0 N–H and O–H groups in total. The van der Waals surface area contributed by atoms with Gasteiger partial charge in [0.05, 0.1) is 11.5 Å². The quantitative estimate of drug-likeness (QED) is 0.0704. The van der Waals surface area contributed by atoms with E-state index in [1.807, 2.05) is 21.6 Å². The molecule has 0 radical (unpaired) electrons. The lowest BCUT2D eigenvalue weighted by atomic mass is 9.98. The number of nitrogens with zero attached hydrogens (tertiary/aromatic N) is 4. The van der Waals surface area contributed by atoms with E-state index in [0.29, 0.717) is 5.92 Å². The molecule has 0 aliphatic carbocycles. The minimum Gasteiger partial charge on any atom is -0.377 e. The second-order valence-corrected chi connectivity index (χ2v) is 15.3. The van der Waals surface area contributed by atoms with Crippen molar-refractivity contribution in [1.82, 2.24) is 0 Å². The first-order valence-electron chi connectivity index (χ1n) is 16.7. The van der Waals surface area contributed by atoms with Crippen molar-refractivity contribution in [2.75, 3.05) is 56.0 Å². The summed E-state index contributed by atoms with van der Waals surface area (Å²) >= 11 is 0. The van der Waals surface area contributed by atoms with E-state index in [9.17, 15) is 0 Å². The first-order chi connectivity index (χ1) is 23.5. The van der Waals surface area contributed by atoms with E-state index in [1.165, 1.54) is 49.6 Å². The van der Waals surface area contributed by atoms with Crippen molar-refractivity contribution in [2.24, 2.45) is 5.92 Å². The minimum atomic E-state index is 0.434. The predicted octanol–water partition coefficient (Wildman–Crippen LogP) is 9.29. The molecule has 0 saturated carbocycles. The Morgan fingerprint density at radius 3 is 1.77 bits per heavy atom. The zero-order valence-electron chi connectivity index (χ0n) is 28.5. The van der Waals surface area contributed by atoms with Gasteiger partial charge in [-0.25, -0.2) is 9.14 Å². The fourth-order valence-corrected chi connectivity index (χ4v) is 8.12. The lowest BCUT2D eigenvalue weighted by molar-refractivity contribution is -0.692. The van der Waals surface area contributed by atoms with E-state index in [-0.39, 0.29) is 0 Å². The molecule has 0 fully saturated rings. The van der Waals surface area contributed by atoms with Crippen LogP contribution in [0.25, 0.3) is 39.8 Å². The highest BCUT2D eigenvalue weighted by atomic mass is 33.1. The summed E-state index contributed by atoms with van der Waals surface area (Å²) in [5.74, 6) is 2.63. The van der Waals surface area contributed by atoms with Crippen LogP contribution in [0.15, 0.2) is 116 Å². The van der Waals surface area contributed by atoms with E-state index in [4.69, 9.17) is 0 Å². The largest absolute Gasteiger partial charge is 0.377 e. The molecular formula is C42H46N4S2+2. The SMILES string of the molecule is CN(C)c1ccc(/C=C/c2cc[n+](CCSSCC[N+]3=CCC(/C=C/c4ccc(N(C)C)c5ccccc45)C=C3)cc2)c2ccccc12. The smallest absolute Gasteiger partial charge is 0.169 e. The lowest BCUT2D eigenvalue weighted by Gasteiger charge is -2.17. The van der Waals surface area contributed by atoms with Crippen molar-refractivity contribution >= 4 is 79.0 Å². The molecule has 0 saturated heterocycles. The lowest BCUT2D eigenvalue weighted by Crippen LogP contribution is -2.33. The van der Waals surface area contributed by atoms with Crippen LogP contribution < -0.4 is 14.4 Å². The van der Waals surface area contributed by atoms with Crippen LogP contribution in [0, 0.1) is 5.92 Å². The second-order valence-electron chi connectivity index (χ2n) is 12.6. The Hall–Kier alpha value is -4.26. The van der Waals surface area contributed by atoms with Crippen molar-refractivity contribution in [1.29, 1.82) is 0 Å². The molecule has 1 aliphatic heterocycles. The molecule has 1 aromatic heterocycles. The molecule has 5 aromatic rings. The number of allylic oxidation sites excluding steroid dienone is 2. The van der Waals surface area contributed by atoms with Crippen LogP contribution in [0.2, 0.25) is 0 Å². The fraction of sp³-hybridized carbons (Fsp3) is 0.238. The highest BCUT2D eigenvalue weighted by Gasteiger charge is 2.12. The molecule has 2 heterocycles. The van der Waals surface area contributed by atoms with Crippen LogP contribution in [0.4, 0.5) is 11.4 Å². The molecular weight excluding hydrogens is 625 g/mol. The van der Waals surface area contributed by atoms with E-state index in [1.54, 1.807) is 0 Å². The van der Waals surface area contributed by atoms with Gasteiger partial charge in [0.15, 0.2) is 31.7 Å². The van der Waals surface area contributed by atoms with Gasteiger partial charge in [-0.1, -0.05) is 107 Å². The zero-order valence-corrected chi connectivity index (χ0v) is 30.1. The van der Waals surface area contributed by atoms with Gasteiger partial charge in [-0.2, -0.15) is 0 Å². The molecule has 48 heavy (non-hydrogen) atoms. The number of rotatable bonds is 13. The van der Waals surface area contributed by atoms with Gasteiger partial charge in [0, 0.05) is 74.8 Å². The minimum absolute atomic E-state index is 0.434. The number of aryl methyl sites for hydroxylation is 1. The molecule has 0 amide bonds. The number of anilines is 2. The molecule has 4 nitrogen and oxygen atoms in total. The molecule has 0 spiro atoms. The number of hydrogen-bond donors (Lipinski definition) is 0. The first-order valence-corrected chi connectivity index (χ1v) is 19.2. The van der Waals surface area contributed by atoms with Gasteiger partial charge in [0.1, 0.15) is 6.21 Å². The topological polar surface area (TPSA) is 13.4 Å². The predicted molar refractivity (Wildman–Crippen MR) is 215 cm³/mol. The maximum Gasteiger partial charge on any atom is 0.169 e. The molecule has 1 unspecified atom stereocenters. The van der Waals surface area contributed by atoms with Gasteiger partial charge in [0.2, 0.25) is 0 Å². The van der Waals surface area contributed by atoms with E-state index in [0.717, 1.165) is 31.0 Å². The third kappa shape index (κ3) is 8.41. The number of pyridine rings is 1. The molecule has 6 rings (SSSR count). The Morgan fingerprint density at radius 2 is 1.21 bits per heavy atom. The van der Waals surface area contributed by atoms with Crippen molar-refractivity contribution in [3.05, 3.63) is 132 Å². The summed E-state index contributed by atoms with van der Waals surface area (Å²) in [7, 11) is 12.3. The van der Waals surface area contributed by atoms with E-state index in [2.05, 4.69) is 187 Å². The normalized spacial score (nSPS) is 14.8. The summed E-state index contributed by atoms with van der Waals surface area (Å²) in [6.45, 7) is 2.05. The number of benzene rings is 4. The molecule has 0 bridgehead atoms. The van der Waals surface area contributed by atoms with Crippen molar-refractivity contribution in [2.45, 2.75) is 13.0 Å². The molecule has 6 heteroatoms. The van der Waals surface area contributed by atoms with Gasteiger partial charge >= 0.3 is 0 Å². The van der Waals surface area contributed by atoms with Crippen molar-refractivity contribution in [3.63, 3.8) is 0 Å². The number of aromatic nitrogens is 1. The van der Waals surface area contributed by atoms with Crippen LogP contribution in [0.3, 0.4) is 0 Å². The average Bonchev–Trinajstić information content (AvgIpc) is 3.11. The summed E-state index contributed by atoms with van der Waals surface area (Å²) in [6, 6.07) is 30.6. The van der Waals surface area contributed by atoms with Crippen LogP contribution >= 0.6 is 21.6 Å². The van der Waals surface area contributed by atoms with Crippen LogP contribution in [-0.4, -0.2) is 57.0 Å². The summed E-state index contributed by atoms with van der Waals surface area (Å²) < 4.78 is 4.62. The zero-order chi connectivity index (χ0) is 33.3. The monoisotopic (exact) mass is 670 g/mol. The number of fused-ring (bicyclic) bond motifs is 2. The van der Waals surface area contributed by atoms with Gasteiger partial charge in [-0.15, -0.1) is 0 Å². The van der Waals surface area contributed by atoms with E-state index >= 15 is 0 Å². The summed E-state index contributed by atoms with van der Waals surface area (Å²) in [6.07, 6.45) is 21.4. The van der Waals surface area contributed by atoms with Gasteiger partial charge < -0.3 is 9.80 Å². The molecule has 244 valence electrons. The Morgan fingerprint density at radius 1 is 0.646 bits per heavy atom. The third-order valence-corrected chi connectivity index (χ3v) is 11.2. The Labute approximate surface area is 294 Å². The van der Waals surface area contributed by atoms with Crippen molar-refractivity contribution < 1.29 is 9.14 Å². The van der Waals surface area contributed by atoms with E-state index < -0.39 is 0 Å². The maximum atomic E-state index is 2.35. The average molecular weight is 671 g/mol. The highest BCUT2D eigenvalue weighted by molar-refractivity contribution is 8.76. The van der Waals surface area contributed by atoms with Crippen LogP contribution in [0.5, 0.6) is 0 Å². The number of hydrogen-bond acceptors (Lipinski definition) is 4. The van der Waals surface area contributed by atoms with Gasteiger partial charge in [0.25, 0.3) is 0 Å². The first kappa shape index (κ1) is 33.6. The Bertz CT molecular complexity index is 1970. The fourth-order valence-electron chi connectivity index (χ4n) is 6.16. The highest BCUT2D eigenvalue weighted by Crippen LogP contribution is 2.31. The standard InChI is InChI=1S/C42H46N4S2/c1-43(2)41-19-17-35(37-9-5-7-11-39(37)41)15-13-33-21-25-45(26-22-33)29-31-47-48-32-30-46-27-23-34(24-28-46)14-16-36-18-20-42(44(3)4)40-12-8-6-10-38(36)40/h5-23,25-28,34H,24,29-32H2,1-4H3/q+2/b16-14+. The maximum absolute atomic E-state index is 2.35. The van der Waals surface area contributed by atoms with Crippen LogP contribution in [-0.2, 0) is 6.54 Å². The Kier molecular flexibility index (Phi) is 11.4. The third-order valence-electron chi connectivity index (χ3n) is 8.81. The van der Waals surface area contributed by atoms with Crippen LogP contribution in [0.1, 0.15) is 23.1 Å². The van der Waals surface area contributed by atoms with Crippen molar-refractivity contribution in [3.8, 4) is 0 Å². The molecule has 4 aromatic carbocycles.